The molecular weight excluding hydrogens is 359 g/mol. The van der Waals surface area contributed by atoms with Crippen molar-refractivity contribution in [1.29, 1.82) is 0 Å². The molecule has 1 amide bonds. The van der Waals surface area contributed by atoms with Gasteiger partial charge in [-0.25, -0.2) is 9.46 Å². The fourth-order valence-electron chi connectivity index (χ4n) is 2.00. The Morgan fingerprint density at radius 1 is 1.35 bits per heavy atom. The van der Waals surface area contributed by atoms with Crippen molar-refractivity contribution in [3.8, 4) is 0 Å². The van der Waals surface area contributed by atoms with E-state index < -0.39 is 26.4 Å². The number of hydrogen-bond donors (Lipinski definition) is 5. The highest BCUT2D eigenvalue weighted by Gasteiger charge is 2.22. The van der Waals surface area contributed by atoms with E-state index in [0.29, 0.717) is 25.2 Å². The lowest BCUT2D eigenvalue weighted by Gasteiger charge is -2.22. The summed E-state index contributed by atoms with van der Waals surface area (Å²) in [6.07, 6.45) is 0.0429. The van der Waals surface area contributed by atoms with Crippen LogP contribution in [0.4, 0.5) is 0 Å². The number of nitrogens with one attached hydrogen (secondary N) is 2. The van der Waals surface area contributed by atoms with E-state index in [1.54, 1.807) is 43.0 Å². The SMILES string of the molecule is CNCCN(C)P(O)OCC[C@H](NC(=O)c1ccc(CN)cc1)C(=O)O. The molecule has 0 bridgehead atoms. The Hall–Kier alpha value is -1.61. The van der Waals surface area contributed by atoms with Crippen LogP contribution in [0.2, 0.25) is 0 Å². The molecule has 0 aromatic heterocycles. The molecule has 2 atom stereocenters. The van der Waals surface area contributed by atoms with Gasteiger partial charge in [-0.1, -0.05) is 12.1 Å². The number of rotatable bonds is 12. The Morgan fingerprint density at radius 3 is 2.54 bits per heavy atom. The molecule has 0 spiro atoms. The topological polar surface area (TPSA) is 137 Å². The van der Waals surface area contributed by atoms with Gasteiger partial charge in [0.15, 0.2) is 0 Å². The molecule has 1 aromatic carbocycles. The third-order valence-corrected chi connectivity index (χ3v) is 4.84. The summed E-state index contributed by atoms with van der Waals surface area (Å²) in [5, 5.41) is 14.7. The molecule has 0 fully saturated rings. The number of amides is 1. The molecule has 10 heteroatoms. The van der Waals surface area contributed by atoms with Crippen molar-refractivity contribution in [2.24, 2.45) is 5.73 Å². The number of hydrogen-bond acceptors (Lipinski definition) is 7. The maximum atomic E-state index is 12.2. The van der Waals surface area contributed by atoms with Gasteiger partial charge in [0.2, 0.25) is 0 Å². The fraction of sp³-hybridized carbons (Fsp3) is 0.500. The number of nitrogens with two attached hydrogens (primary N) is 1. The van der Waals surface area contributed by atoms with E-state index in [0.717, 1.165) is 5.56 Å². The summed E-state index contributed by atoms with van der Waals surface area (Å²) in [5.41, 5.74) is 6.74. The van der Waals surface area contributed by atoms with Gasteiger partial charge in [0.05, 0.1) is 6.61 Å². The minimum absolute atomic E-state index is 0.00938. The largest absolute Gasteiger partial charge is 0.480 e. The van der Waals surface area contributed by atoms with E-state index in [-0.39, 0.29) is 13.0 Å². The summed E-state index contributed by atoms with van der Waals surface area (Å²) in [6.45, 7) is 1.66. The highest BCUT2D eigenvalue weighted by molar-refractivity contribution is 7.43. The second-order valence-electron chi connectivity index (χ2n) is 5.62. The van der Waals surface area contributed by atoms with Crippen LogP contribution < -0.4 is 16.4 Å². The Balaban J connectivity index is 2.50. The molecule has 6 N–H and O–H groups in total. The summed E-state index contributed by atoms with van der Waals surface area (Å²) < 4.78 is 6.93. The second kappa shape index (κ2) is 11.9. The van der Waals surface area contributed by atoms with Crippen LogP contribution in [0.15, 0.2) is 24.3 Å². The minimum Gasteiger partial charge on any atom is -0.480 e. The lowest BCUT2D eigenvalue weighted by Crippen LogP contribution is -2.41. The standard InChI is InChI=1S/C16H27N4O5P/c1-18-8-9-20(2)26(24)25-10-7-14(16(22)23)19-15(21)13-5-3-12(11-17)4-6-13/h3-6,14,18,24H,7-11,17H2,1-2H3,(H,19,21)(H,22,23)/t14-,26?/m0/s1. The zero-order valence-electron chi connectivity index (χ0n) is 15.0. The lowest BCUT2D eigenvalue weighted by molar-refractivity contribution is -0.139. The molecule has 0 saturated carbocycles. The first-order chi connectivity index (χ1) is 12.4. The second-order valence-corrected chi connectivity index (χ2v) is 7.07. The van der Waals surface area contributed by atoms with Gasteiger partial charge in [0.1, 0.15) is 6.04 Å². The molecule has 1 unspecified atom stereocenters. The van der Waals surface area contributed by atoms with Crippen molar-refractivity contribution in [3.05, 3.63) is 35.4 Å². The monoisotopic (exact) mass is 386 g/mol. The van der Waals surface area contributed by atoms with E-state index in [9.17, 15) is 19.6 Å². The van der Waals surface area contributed by atoms with Gasteiger partial charge >= 0.3 is 5.97 Å². The maximum absolute atomic E-state index is 12.2. The highest BCUT2D eigenvalue weighted by atomic mass is 31.2. The van der Waals surface area contributed by atoms with Crippen molar-refractivity contribution in [1.82, 2.24) is 15.3 Å². The molecule has 0 heterocycles. The molecule has 0 aliphatic heterocycles. The molecule has 0 radical (unpaired) electrons. The predicted molar refractivity (Wildman–Crippen MR) is 99.5 cm³/mol. The van der Waals surface area contributed by atoms with E-state index in [1.807, 2.05) is 0 Å². The summed E-state index contributed by atoms with van der Waals surface area (Å²) in [6, 6.07) is 5.51. The van der Waals surface area contributed by atoms with Crippen molar-refractivity contribution < 1.29 is 24.1 Å². The van der Waals surface area contributed by atoms with E-state index in [2.05, 4.69) is 10.6 Å². The van der Waals surface area contributed by atoms with Gasteiger partial charge in [-0.05, 0) is 31.8 Å². The van der Waals surface area contributed by atoms with Gasteiger partial charge in [-0.2, -0.15) is 0 Å². The first kappa shape index (κ1) is 22.4. The third kappa shape index (κ3) is 7.74. The average Bonchev–Trinajstić information content (AvgIpc) is 2.64. The first-order valence-corrected chi connectivity index (χ1v) is 9.35. The number of carbonyl (C=O) groups is 2. The molecule has 26 heavy (non-hydrogen) atoms. The smallest absolute Gasteiger partial charge is 0.326 e. The molecule has 0 aliphatic rings. The van der Waals surface area contributed by atoms with E-state index in [1.165, 1.54) is 0 Å². The van der Waals surface area contributed by atoms with Crippen LogP contribution in [-0.4, -0.2) is 66.4 Å². The average molecular weight is 386 g/mol. The summed E-state index contributed by atoms with van der Waals surface area (Å²) >= 11 is 0. The Labute approximate surface area is 154 Å². The number of carboxylic acid groups (broad SMARTS) is 1. The van der Waals surface area contributed by atoms with E-state index >= 15 is 0 Å². The summed E-state index contributed by atoms with van der Waals surface area (Å²) in [7, 11) is 1.72. The lowest BCUT2D eigenvalue weighted by atomic mass is 10.1. The summed E-state index contributed by atoms with van der Waals surface area (Å²) in [5.74, 6) is -1.65. The Morgan fingerprint density at radius 2 is 2.00 bits per heavy atom. The van der Waals surface area contributed by atoms with E-state index in [4.69, 9.17) is 10.3 Å². The van der Waals surface area contributed by atoms with Crippen molar-refractivity contribution in [2.45, 2.75) is 19.0 Å². The fourth-order valence-corrected chi connectivity index (χ4v) is 2.74. The van der Waals surface area contributed by atoms with Crippen molar-refractivity contribution >= 4 is 20.4 Å². The Kier molecular flexibility index (Phi) is 10.3. The molecule has 146 valence electrons. The molecule has 0 aliphatic carbocycles. The first-order valence-electron chi connectivity index (χ1n) is 8.19. The molecule has 9 nitrogen and oxygen atoms in total. The summed E-state index contributed by atoms with van der Waals surface area (Å²) in [4.78, 5) is 33.4. The van der Waals surface area contributed by atoms with Gasteiger partial charge in [0, 0.05) is 31.6 Å². The van der Waals surface area contributed by atoms with Gasteiger partial charge in [-0.3, -0.25) is 4.79 Å². The zero-order chi connectivity index (χ0) is 19.5. The van der Waals surface area contributed by atoms with Crippen molar-refractivity contribution in [3.63, 3.8) is 0 Å². The zero-order valence-corrected chi connectivity index (χ0v) is 15.9. The quantitative estimate of drug-likeness (QED) is 0.319. The van der Waals surface area contributed by atoms with Crippen LogP contribution in [0.3, 0.4) is 0 Å². The van der Waals surface area contributed by atoms with Crippen LogP contribution in [0.1, 0.15) is 22.3 Å². The van der Waals surface area contributed by atoms with Crippen LogP contribution in [0.25, 0.3) is 0 Å². The number of nitrogens with zero attached hydrogens (tertiary/aromatic N) is 1. The molecule has 1 aromatic rings. The number of carboxylic acids is 1. The highest BCUT2D eigenvalue weighted by Crippen LogP contribution is 2.34. The van der Waals surface area contributed by atoms with Gasteiger partial charge < -0.3 is 30.9 Å². The number of aliphatic carboxylic acids is 1. The number of carbonyl (C=O) groups excluding carboxylic acids is 1. The number of benzene rings is 1. The molecule has 0 saturated heterocycles. The maximum Gasteiger partial charge on any atom is 0.326 e. The predicted octanol–water partition coefficient (Wildman–Crippen LogP) is 0.105. The van der Waals surface area contributed by atoms with Crippen LogP contribution in [0.5, 0.6) is 0 Å². The minimum atomic E-state index is -1.80. The third-order valence-electron chi connectivity index (χ3n) is 3.65. The van der Waals surface area contributed by atoms with Gasteiger partial charge in [-0.15, -0.1) is 0 Å². The van der Waals surface area contributed by atoms with Crippen LogP contribution >= 0.6 is 8.53 Å². The van der Waals surface area contributed by atoms with Crippen LogP contribution in [-0.2, 0) is 15.9 Å². The normalized spacial score (nSPS) is 13.4. The van der Waals surface area contributed by atoms with Crippen LogP contribution in [0, 0.1) is 0 Å². The van der Waals surface area contributed by atoms with Crippen molar-refractivity contribution in [2.75, 3.05) is 33.8 Å². The Bertz CT molecular complexity index is 572. The molecule has 1 rings (SSSR count). The number of likely N-dealkylation sites (N-methyl/N-ethyl adjacent to an activating group) is 2. The van der Waals surface area contributed by atoms with Gasteiger partial charge in [0.25, 0.3) is 14.4 Å². The molecular formula is C16H27N4O5P.